The predicted octanol–water partition coefficient (Wildman–Crippen LogP) is 3.43. The van der Waals surface area contributed by atoms with Crippen molar-refractivity contribution in [3.63, 3.8) is 0 Å². The minimum atomic E-state index is 0.781. The zero-order valence-electron chi connectivity index (χ0n) is 13.9. The molecule has 0 bridgehead atoms. The number of hydrogen-bond donors (Lipinski definition) is 2. The Morgan fingerprint density at radius 3 is 2.96 bits per heavy atom. The molecule has 0 aromatic carbocycles. The molecule has 25 heavy (non-hydrogen) atoms. The maximum atomic E-state index is 4.85. The number of aromatic nitrogens is 5. The van der Waals surface area contributed by atoms with Crippen LogP contribution in [0, 0.1) is 5.92 Å². The zero-order chi connectivity index (χ0) is 16.6. The lowest BCUT2D eigenvalue weighted by molar-refractivity contribution is 0.340. The highest BCUT2D eigenvalue weighted by Gasteiger charge is 2.20. The highest BCUT2D eigenvalue weighted by Crippen LogP contribution is 2.32. The van der Waals surface area contributed by atoms with E-state index in [2.05, 4.69) is 36.3 Å². The van der Waals surface area contributed by atoms with Crippen molar-refractivity contribution < 1.29 is 0 Å². The average Bonchev–Trinajstić information content (AvgIpc) is 3.38. The largest absolute Gasteiger partial charge is 0.342 e. The van der Waals surface area contributed by atoms with Crippen LogP contribution < -0.4 is 5.32 Å². The van der Waals surface area contributed by atoms with Gasteiger partial charge in [-0.2, -0.15) is 0 Å². The number of pyridine rings is 1. The summed E-state index contributed by atoms with van der Waals surface area (Å²) in [5.41, 5.74) is 3.19. The number of H-pyrrole nitrogens is 1. The van der Waals surface area contributed by atoms with Crippen LogP contribution in [0.3, 0.4) is 0 Å². The molecule has 0 amide bonds. The maximum Gasteiger partial charge on any atom is 0.177 e. The highest BCUT2D eigenvalue weighted by atomic mass is 32.1. The Morgan fingerprint density at radius 1 is 1.20 bits per heavy atom. The summed E-state index contributed by atoms with van der Waals surface area (Å²) in [7, 11) is 0. The van der Waals surface area contributed by atoms with Crippen molar-refractivity contribution in [2.24, 2.45) is 5.92 Å². The molecule has 0 spiro atoms. The topological polar surface area (TPSA) is 71.4 Å². The van der Waals surface area contributed by atoms with E-state index in [1.54, 1.807) is 17.5 Å². The molecule has 1 aliphatic rings. The van der Waals surface area contributed by atoms with Crippen LogP contribution >= 0.6 is 11.3 Å². The fraction of sp³-hybridized carbons (Fsp3) is 0.389. The van der Waals surface area contributed by atoms with Gasteiger partial charge in [-0.3, -0.25) is 4.98 Å². The van der Waals surface area contributed by atoms with Gasteiger partial charge in [-0.15, -0.1) is 11.3 Å². The van der Waals surface area contributed by atoms with E-state index in [-0.39, 0.29) is 0 Å². The van der Waals surface area contributed by atoms with Gasteiger partial charge in [0.25, 0.3) is 0 Å². The number of aryl methyl sites for hydroxylation is 1. The molecule has 4 aromatic rings. The Morgan fingerprint density at radius 2 is 2.12 bits per heavy atom. The van der Waals surface area contributed by atoms with E-state index in [1.807, 2.05) is 12.4 Å². The van der Waals surface area contributed by atoms with Gasteiger partial charge in [0.05, 0.1) is 21.9 Å². The second-order valence-electron chi connectivity index (χ2n) is 6.63. The van der Waals surface area contributed by atoms with E-state index in [4.69, 9.17) is 4.98 Å². The number of fused-ring (bicyclic) bond motifs is 3. The van der Waals surface area contributed by atoms with Gasteiger partial charge in [-0.25, -0.2) is 9.97 Å². The summed E-state index contributed by atoms with van der Waals surface area (Å²) in [6.07, 6.45) is 9.22. The lowest BCUT2D eigenvalue weighted by Gasteiger charge is -2.23. The van der Waals surface area contributed by atoms with E-state index < -0.39 is 0 Å². The van der Waals surface area contributed by atoms with E-state index in [1.165, 1.54) is 29.5 Å². The van der Waals surface area contributed by atoms with Gasteiger partial charge in [0.2, 0.25) is 0 Å². The molecular formula is C18H20N6S. The van der Waals surface area contributed by atoms with Crippen molar-refractivity contribution in [3.8, 4) is 11.6 Å². The number of thiophene rings is 1. The van der Waals surface area contributed by atoms with Crippen molar-refractivity contribution >= 4 is 32.6 Å². The van der Waals surface area contributed by atoms with Gasteiger partial charge < -0.3 is 14.9 Å². The average molecular weight is 352 g/mol. The zero-order valence-corrected chi connectivity index (χ0v) is 14.7. The van der Waals surface area contributed by atoms with Gasteiger partial charge in [0.15, 0.2) is 11.6 Å². The molecule has 0 saturated carbocycles. The van der Waals surface area contributed by atoms with E-state index in [0.717, 1.165) is 48.2 Å². The number of nitrogens with one attached hydrogen (secondary N) is 2. The minimum Gasteiger partial charge on any atom is -0.342 e. The molecule has 1 fully saturated rings. The minimum absolute atomic E-state index is 0.781. The molecule has 0 atom stereocenters. The summed E-state index contributed by atoms with van der Waals surface area (Å²) < 4.78 is 3.56. The van der Waals surface area contributed by atoms with Crippen LogP contribution in [0.1, 0.15) is 19.3 Å². The Labute approximate surface area is 149 Å². The van der Waals surface area contributed by atoms with E-state index in [9.17, 15) is 0 Å². The van der Waals surface area contributed by atoms with Crippen LogP contribution in [-0.2, 0) is 6.54 Å². The first-order valence-corrected chi connectivity index (χ1v) is 9.71. The van der Waals surface area contributed by atoms with Crippen LogP contribution in [-0.4, -0.2) is 37.6 Å². The molecule has 5 rings (SSSR count). The van der Waals surface area contributed by atoms with Gasteiger partial charge in [0, 0.05) is 18.9 Å². The number of piperidine rings is 1. The van der Waals surface area contributed by atoms with E-state index in [0.29, 0.717) is 0 Å². The first kappa shape index (κ1) is 15.0. The first-order chi connectivity index (χ1) is 12.4. The summed E-state index contributed by atoms with van der Waals surface area (Å²) in [5, 5.41) is 5.56. The SMILES string of the molecule is c1c[nH]c(-c2nc3cnc4ccsc4c3n2CCC2CCNCC2)n1. The Kier molecular flexibility index (Phi) is 3.75. The van der Waals surface area contributed by atoms with Crippen LogP contribution in [0.25, 0.3) is 32.9 Å². The van der Waals surface area contributed by atoms with Crippen molar-refractivity contribution in [2.75, 3.05) is 13.1 Å². The van der Waals surface area contributed by atoms with E-state index >= 15 is 0 Å². The molecule has 128 valence electrons. The Hall–Kier alpha value is -2.25. The van der Waals surface area contributed by atoms with Crippen molar-refractivity contribution in [3.05, 3.63) is 30.0 Å². The fourth-order valence-corrected chi connectivity index (χ4v) is 4.68. The van der Waals surface area contributed by atoms with Crippen molar-refractivity contribution in [1.82, 2.24) is 29.8 Å². The summed E-state index contributed by atoms with van der Waals surface area (Å²) in [6.45, 7) is 3.24. The molecule has 0 aliphatic carbocycles. The molecule has 0 radical (unpaired) electrons. The summed E-state index contributed by atoms with van der Waals surface area (Å²) in [5.74, 6) is 2.52. The fourth-order valence-electron chi connectivity index (χ4n) is 3.78. The molecule has 7 heteroatoms. The van der Waals surface area contributed by atoms with Gasteiger partial charge in [-0.05, 0) is 49.7 Å². The highest BCUT2D eigenvalue weighted by molar-refractivity contribution is 7.18. The van der Waals surface area contributed by atoms with Gasteiger partial charge >= 0.3 is 0 Å². The van der Waals surface area contributed by atoms with Gasteiger partial charge in [0.1, 0.15) is 5.52 Å². The third-order valence-electron chi connectivity index (χ3n) is 5.11. The molecule has 2 N–H and O–H groups in total. The number of rotatable bonds is 4. The standard InChI is InChI=1S/C18H20N6S/c1-5-19-6-2-12(1)3-9-24-15-14(11-22-13-4-10-25-16(13)15)23-18(24)17-20-7-8-21-17/h4,7-8,10-12,19H,1-3,5-6,9H2,(H,20,21). The van der Waals surface area contributed by atoms with Crippen LogP contribution in [0.2, 0.25) is 0 Å². The molecule has 0 unspecified atom stereocenters. The molecule has 4 aromatic heterocycles. The molecule has 1 saturated heterocycles. The lowest BCUT2D eigenvalue weighted by atomic mass is 9.95. The van der Waals surface area contributed by atoms with Crippen LogP contribution in [0.4, 0.5) is 0 Å². The summed E-state index contributed by atoms with van der Waals surface area (Å²) in [6, 6.07) is 2.08. The second kappa shape index (κ2) is 6.24. The predicted molar refractivity (Wildman–Crippen MR) is 101 cm³/mol. The molecule has 6 nitrogen and oxygen atoms in total. The van der Waals surface area contributed by atoms with Crippen molar-refractivity contribution in [1.29, 1.82) is 0 Å². The number of hydrogen-bond acceptors (Lipinski definition) is 5. The number of nitrogens with zero attached hydrogens (tertiary/aromatic N) is 4. The third-order valence-corrected chi connectivity index (χ3v) is 6.02. The van der Waals surface area contributed by atoms with Gasteiger partial charge in [-0.1, -0.05) is 0 Å². The third kappa shape index (κ3) is 2.63. The first-order valence-electron chi connectivity index (χ1n) is 8.83. The summed E-state index contributed by atoms with van der Waals surface area (Å²) in [4.78, 5) is 17.1. The Bertz CT molecular complexity index is 994. The normalized spacial score (nSPS) is 16.2. The van der Waals surface area contributed by atoms with Crippen molar-refractivity contribution in [2.45, 2.75) is 25.8 Å². The van der Waals surface area contributed by atoms with Crippen LogP contribution in [0.15, 0.2) is 30.0 Å². The quantitative estimate of drug-likeness (QED) is 0.590. The summed E-state index contributed by atoms with van der Waals surface area (Å²) >= 11 is 1.74. The molecule has 1 aliphatic heterocycles. The number of aromatic amines is 1. The maximum absolute atomic E-state index is 4.85. The van der Waals surface area contributed by atoms with Crippen LogP contribution in [0.5, 0.6) is 0 Å². The second-order valence-corrected chi connectivity index (χ2v) is 7.55. The molecular weight excluding hydrogens is 332 g/mol. The Balaban J connectivity index is 1.62. The monoisotopic (exact) mass is 352 g/mol. The smallest absolute Gasteiger partial charge is 0.177 e. The molecule has 5 heterocycles. The number of imidazole rings is 2. The lowest BCUT2D eigenvalue weighted by Crippen LogP contribution is -2.28.